The summed E-state index contributed by atoms with van der Waals surface area (Å²) in [5, 5.41) is 6.60. The number of carbonyl (C=O) groups is 1. The zero-order valence-corrected chi connectivity index (χ0v) is 14.9. The summed E-state index contributed by atoms with van der Waals surface area (Å²) in [5.74, 6) is 0. The molecule has 4 nitrogen and oxygen atoms in total. The van der Waals surface area contributed by atoms with Gasteiger partial charge in [-0.2, -0.15) is 0 Å². The van der Waals surface area contributed by atoms with Crippen LogP contribution in [-0.4, -0.2) is 23.8 Å². The lowest BCUT2D eigenvalue weighted by Gasteiger charge is -2.20. The van der Waals surface area contributed by atoms with E-state index in [0.29, 0.717) is 12.1 Å². The van der Waals surface area contributed by atoms with Gasteiger partial charge in [0.05, 0.1) is 0 Å². The van der Waals surface area contributed by atoms with Crippen molar-refractivity contribution >= 4 is 22.0 Å². The summed E-state index contributed by atoms with van der Waals surface area (Å²) in [6.07, 6.45) is 2.87. The number of amides is 1. The van der Waals surface area contributed by atoms with Gasteiger partial charge in [0.2, 0.25) is 0 Å². The van der Waals surface area contributed by atoms with Crippen molar-refractivity contribution in [3.05, 3.63) is 33.8 Å². The van der Waals surface area contributed by atoms with Gasteiger partial charge in [-0.15, -0.1) is 0 Å². The Hall–Kier alpha value is -1.07. The largest absolute Gasteiger partial charge is 0.444 e. The van der Waals surface area contributed by atoms with Crippen LogP contribution < -0.4 is 10.6 Å². The Kier molecular flexibility index (Phi) is 4.21. The lowest BCUT2D eigenvalue weighted by molar-refractivity contribution is 0.0522. The Morgan fingerprint density at radius 3 is 2.82 bits per heavy atom. The Bertz CT molecular complexity index is 583. The second kappa shape index (κ2) is 5.85. The van der Waals surface area contributed by atoms with Crippen LogP contribution in [0.5, 0.6) is 0 Å². The third-order valence-corrected chi connectivity index (χ3v) is 4.86. The zero-order valence-electron chi connectivity index (χ0n) is 13.3. The first-order chi connectivity index (χ1) is 10.3. The number of nitrogens with one attached hydrogen (secondary N) is 2. The molecule has 1 aromatic carbocycles. The van der Waals surface area contributed by atoms with Crippen molar-refractivity contribution in [3.63, 3.8) is 0 Å². The van der Waals surface area contributed by atoms with Crippen LogP contribution in [0.2, 0.25) is 0 Å². The van der Waals surface area contributed by atoms with Gasteiger partial charge in [-0.1, -0.05) is 28.1 Å². The number of carbonyl (C=O) groups excluding carboxylic acids is 1. The van der Waals surface area contributed by atoms with E-state index in [1.165, 1.54) is 15.6 Å². The number of benzene rings is 1. The van der Waals surface area contributed by atoms with Crippen LogP contribution in [0.3, 0.4) is 0 Å². The summed E-state index contributed by atoms with van der Waals surface area (Å²) in [6.45, 7) is 5.63. The molecule has 2 aliphatic rings. The summed E-state index contributed by atoms with van der Waals surface area (Å²) in [5.41, 5.74) is 2.35. The van der Waals surface area contributed by atoms with Gasteiger partial charge >= 0.3 is 6.09 Å². The number of ether oxygens (including phenoxy) is 1. The minimum Gasteiger partial charge on any atom is -0.444 e. The van der Waals surface area contributed by atoms with E-state index in [1.807, 2.05) is 20.8 Å². The van der Waals surface area contributed by atoms with Gasteiger partial charge in [0.15, 0.2) is 0 Å². The molecule has 2 N–H and O–H groups in total. The summed E-state index contributed by atoms with van der Waals surface area (Å²) >= 11 is 3.63. The Labute approximate surface area is 140 Å². The fourth-order valence-corrected chi connectivity index (χ4v) is 3.62. The van der Waals surface area contributed by atoms with Crippen molar-refractivity contribution in [2.24, 2.45) is 0 Å². The predicted molar refractivity (Wildman–Crippen MR) is 89.9 cm³/mol. The smallest absolute Gasteiger partial charge is 0.407 e. The highest BCUT2D eigenvalue weighted by molar-refractivity contribution is 9.10. The molecule has 2 aliphatic carbocycles. The maximum absolute atomic E-state index is 11.8. The molecular formula is C17H23BrN2O2. The molecule has 0 heterocycles. The lowest BCUT2D eigenvalue weighted by atomic mass is 10.1. The third kappa shape index (κ3) is 3.63. The average Bonchev–Trinajstić information content (AvgIpc) is 2.95. The molecule has 3 atom stereocenters. The van der Waals surface area contributed by atoms with Gasteiger partial charge in [-0.05, 0) is 57.2 Å². The molecule has 1 fully saturated rings. The van der Waals surface area contributed by atoms with Gasteiger partial charge in [-0.25, -0.2) is 4.79 Å². The van der Waals surface area contributed by atoms with Gasteiger partial charge in [0, 0.05) is 22.6 Å². The zero-order chi connectivity index (χ0) is 15.9. The van der Waals surface area contributed by atoms with Crippen LogP contribution in [0.1, 0.15) is 50.8 Å². The number of alkyl carbamates (subject to hydrolysis) is 1. The summed E-state index contributed by atoms with van der Waals surface area (Å²) < 4.78 is 6.50. The normalized spacial score (nSPS) is 26.5. The van der Waals surface area contributed by atoms with Gasteiger partial charge in [0.25, 0.3) is 0 Å². The minimum absolute atomic E-state index is 0.186. The topological polar surface area (TPSA) is 50.4 Å². The first-order valence-electron chi connectivity index (χ1n) is 7.86. The van der Waals surface area contributed by atoms with E-state index in [1.54, 1.807) is 0 Å². The van der Waals surface area contributed by atoms with Crippen molar-refractivity contribution in [1.82, 2.24) is 10.6 Å². The van der Waals surface area contributed by atoms with E-state index in [2.05, 4.69) is 44.8 Å². The molecule has 0 saturated heterocycles. The molecule has 120 valence electrons. The molecule has 3 rings (SSSR count). The monoisotopic (exact) mass is 366 g/mol. The molecule has 0 radical (unpaired) electrons. The molecular weight excluding hydrogens is 344 g/mol. The molecule has 1 amide bonds. The van der Waals surface area contributed by atoms with Crippen molar-refractivity contribution in [1.29, 1.82) is 0 Å². The molecule has 1 aromatic rings. The number of hydrogen-bond donors (Lipinski definition) is 2. The number of halogens is 1. The van der Waals surface area contributed by atoms with E-state index in [9.17, 15) is 4.79 Å². The van der Waals surface area contributed by atoms with Crippen LogP contribution >= 0.6 is 15.9 Å². The highest BCUT2D eigenvalue weighted by Gasteiger charge is 2.41. The molecule has 3 unspecified atom stereocenters. The van der Waals surface area contributed by atoms with Crippen molar-refractivity contribution in [2.45, 2.75) is 63.8 Å². The van der Waals surface area contributed by atoms with Gasteiger partial charge in [0.1, 0.15) is 5.60 Å². The SMILES string of the molecule is CC(C)(C)OC(=O)NC1CC1NC1CCc2c(Br)cccc21. The van der Waals surface area contributed by atoms with E-state index in [0.717, 1.165) is 19.3 Å². The Morgan fingerprint density at radius 1 is 1.32 bits per heavy atom. The van der Waals surface area contributed by atoms with Gasteiger partial charge < -0.3 is 15.4 Å². The second-order valence-electron chi connectivity index (χ2n) is 7.16. The molecule has 5 heteroatoms. The van der Waals surface area contributed by atoms with E-state index >= 15 is 0 Å². The van der Waals surface area contributed by atoms with Crippen LogP contribution in [0.15, 0.2) is 22.7 Å². The number of hydrogen-bond acceptors (Lipinski definition) is 3. The molecule has 0 spiro atoms. The Balaban J connectivity index is 1.51. The van der Waals surface area contributed by atoms with Crippen LogP contribution in [0.25, 0.3) is 0 Å². The quantitative estimate of drug-likeness (QED) is 0.857. The van der Waals surface area contributed by atoms with E-state index < -0.39 is 5.60 Å². The van der Waals surface area contributed by atoms with Crippen LogP contribution in [-0.2, 0) is 11.2 Å². The molecule has 22 heavy (non-hydrogen) atoms. The highest BCUT2D eigenvalue weighted by atomic mass is 79.9. The molecule has 0 aromatic heterocycles. The van der Waals surface area contributed by atoms with Gasteiger partial charge in [-0.3, -0.25) is 0 Å². The minimum atomic E-state index is -0.446. The highest BCUT2D eigenvalue weighted by Crippen LogP contribution is 2.37. The molecule has 0 aliphatic heterocycles. The predicted octanol–water partition coefficient (Wildman–Crippen LogP) is 3.69. The molecule has 0 bridgehead atoms. The number of rotatable bonds is 3. The first kappa shape index (κ1) is 15.8. The Morgan fingerprint density at radius 2 is 2.09 bits per heavy atom. The first-order valence-corrected chi connectivity index (χ1v) is 8.65. The third-order valence-electron chi connectivity index (χ3n) is 4.12. The van der Waals surface area contributed by atoms with Crippen molar-refractivity contribution < 1.29 is 9.53 Å². The molecule has 1 saturated carbocycles. The van der Waals surface area contributed by atoms with Crippen molar-refractivity contribution in [2.75, 3.05) is 0 Å². The summed E-state index contributed by atoms with van der Waals surface area (Å²) in [7, 11) is 0. The van der Waals surface area contributed by atoms with E-state index in [-0.39, 0.29) is 12.1 Å². The standard InChI is InChI=1S/C17H23BrN2O2/c1-17(2,3)22-16(21)20-15-9-14(15)19-13-8-7-10-11(13)5-4-6-12(10)18/h4-6,13-15,19H,7-9H2,1-3H3,(H,20,21). The fraction of sp³-hybridized carbons (Fsp3) is 0.588. The summed E-state index contributed by atoms with van der Waals surface area (Å²) in [4.78, 5) is 11.8. The van der Waals surface area contributed by atoms with Crippen LogP contribution in [0.4, 0.5) is 4.79 Å². The van der Waals surface area contributed by atoms with Crippen molar-refractivity contribution in [3.8, 4) is 0 Å². The summed E-state index contributed by atoms with van der Waals surface area (Å²) in [6, 6.07) is 7.32. The number of fused-ring (bicyclic) bond motifs is 1. The van der Waals surface area contributed by atoms with E-state index in [4.69, 9.17) is 4.74 Å². The lowest BCUT2D eigenvalue weighted by Crippen LogP contribution is -2.37. The second-order valence-corrected chi connectivity index (χ2v) is 8.01. The maximum atomic E-state index is 11.8. The fourth-order valence-electron chi connectivity index (χ4n) is 3.04. The maximum Gasteiger partial charge on any atom is 0.407 e. The van der Waals surface area contributed by atoms with Crippen LogP contribution in [0, 0.1) is 0 Å². The average molecular weight is 367 g/mol.